The van der Waals surface area contributed by atoms with E-state index in [4.69, 9.17) is 5.73 Å². The molecule has 0 radical (unpaired) electrons. The number of nitrogens with two attached hydrogens (primary N) is 1. The minimum Gasteiger partial charge on any atom is -0.481 e. The lowest BCUT2D eigenvalue weighted by atomic mass is 9.76. The van der Waals surface area contributed by atoms with Gasteiger partial charge in [-0.3, -0.25) is 9.59 Å². The van der Waals surface area contributed by atoms with Gasteiger partial charge in [0.05, 0.1) is 11.5 Å². The Labute approximate surface area is 102 Å². The molecule has 0 aromatic carbocycles. The van der Waals surface area contributed by atoms with Crippen molar-refractivity contribution in [3.8, 4) is 0 Å². The molecule has 0 aromatic heterocycles. The quantitative estimate of drug-likeness (QED) is 0.764. The second-order valence-electron chi connectivity index (χ2n) is 4.78. The third kappa shape index (κ3) is 2.77. The molecule has 1 aliphatic heterocycles. The number of piperidine rings is 1. The van der Waals surface area contributed by atoms with Crippen molar-refractivity contribution in [1.29, 1.82) is 0 Å². The van der Waals surface area contributed by atoms with Crippen molar-refractivity contribution < 1.29 is 14.7 Å². The summed E-state index contributed by atoms with van der Waals surface area (Å²) in [5.41, 5.74) is 5.05. The number of hydrogen-bond acceptors (Lipinski definition) is 3. The van der Waals surface area contributed by atoms with Crippen molar-refractivity contribution in [3.05, 3.63) is 0 Å². The monoisotopic (exact) mass is 242 g/mol. The maximum absolute atomic E-state index is 11.9. The second kappa shape index (κ2) is 5.49. The Kier molecular flexibility index (Phi) is 4.51. The summed E-state index contributed by atoms with van der Waals surface area (Å²) in [6, 6.07) is -0.450. The highest BCUT2D eigenvalue weighted by Crippen LogP contribution is 2.35. The van der Waals surface area contributed by atoms with Crippen molar-refractivity contribution in [2.45, 2.75) is 45.6 Å². The van der Waals surface area contributed by atoms with Crippen molar-refractivity contribution in [2.75, 3.05) is 13.1 Å². The molecule has 5 heteroatoms. The molecule has 3 N–H and O–H groups in total. The molecule has 0 spiro atoms. The topological polar surface area (TPSA) is 83.6 Å². The largest absolute Gasteiger partial charge is 0.481 e. The molecule has 1 rings (SSSR count). The zero-order valence-corrected chi connectivity index (χ0v) is 10.6. The molecule has 0 unspecified atom stereocenters. The zero-order valence-electron chi connectivity index (χ0n) is 10.6. The molecule has 0 saturated carbocycles. The van der Waals surface area contributed by atoms with Gasteiger partial charge in [0.2, 0.25) is 5.91 Å². The summed E-state index contributed by atoms with van der Waals surface area (Å²) in [4.78, 5) is 24.8. The van der Waals surface area contributed by atoms with Crippen LogP contribution < -0.4 is 5.73 Å². The number of carboxylic acid groups (broad SMARTS) is 1. The highest BCUT2D eigenvalue weighted by Gasteiger charge is 2.41. The summed E-state index contributed by atoms with van der Waals surface area (Å²) in [7, 11) is 0. The molecule has 1 heterocycles. The first-order chi connectivity index (χ1) is 7.96. The average Bonchev–Trinajstić information content (AvgIpc) is 2.36. The summed E-state index contributed by atoms with van der Waals surface area (Å²) in [6.45, 7) is 4.78. The Morgan fingerprint density at radius 1 is 1.35 bits per heavy atom. The molecule has 0 aliphatic carbocycles. The van der Waals surface area contributed by atoms with Crippen molar-refractivity contribution in [2.24, 2.45) is 11.1 Å². The fraction of sp³-hybridized carbons (Fsp3) is 0.833. The van der Waals surface area contributed by atoms with Crippen LogP contribution in [0, 0.1) is 5.41 Å². The summed E-state index contributed by atoms with van der Waals surface area (Å²) in [6.07, 6.45) is 2.29. The molecule has 5 nitrogen and oxygen atoms in total. The van der Waals surface area contributed by atoms with E-state index in [9.17, 15) is 14.7 Å². The Hall–Kier alpha value is -1.10. The van der Waals surface area contributed by atoms with E-state index in [1.807, 2.05) is 13.8 Å². The Balaban J connectivity index is 2.61. The lowest BCUT2D eigenvalue weighted by Crippen LogP contribution is -2.50. The van der Waals surface area contributed by atoms with Crippen LogP contribution in [-0.2, 0) is 9.59 Å². The van der Waals surface area contributed by atoms with Crippen molar-refractivity contribution in [1.82, 2.24) is 4.90 Å². The van der Waals surface area contributed by atoms with Gasteiger partial charge in [-0.05, 0) is 25.7 Å². The van der Waals surface area contributed by atoms with E-state index >= 15 is 0 Å². The Bertz CT molecular complexity index is 296. The van der Waals surface area contributed by atoms with E-state index in [1.165, 1.54) is 0 Å². The third-order valence-corrected chi connectivity index (χ3v) is 3.92. The van der Waals surface area contributed by atoms with Crippen LogP contribution in [0.2, 0.25) is 0 Å². The SMILES string of the molecule is CC[C@@H](N)C(=O)N1CCC(CC)(C(=O)O)CC1. The van der Waals surface area contributed by atoms with Crippen molar-refractivity contribution in [3.63, 3.8) is 0 Å². The first-order valence-corrected chi connectivity index (χ1v) is 6.24. The maximum atomic E-state index is 11.9. The molecule has 1 atom stereocenters. The number of aliphatic carboxylic acids is 1. The minimum absolute atomic E-state index is 0.0532. The van der Waals surface area contributed by atoms with Crippen LogP contribution in [0.5, 0.6) is 0 Å². The number of carbonyl (C=O) groups is 2. The van der Waals surface area contributed by atoms with Crippen LogP contribution in [0.15, 0.2) is 0 Å². The van der Waals surface area contributed by atoms with E-state index in [1.54, 1.807) is 4.90 Å². The predicted octanol–water partition coefficient (Wildman–Crippen LogP) is 0.827. The lowest BCUT2D eigenvalue weighted by molar-refractivity contribution is -0.154. The molecule has 0 aromatic rings. The molecule has 17 heavy (non-hydrogen) atoms. The normalized spacial score (nSPS) is 21.0. The van der Waals surface area contributed by atoms with E-state index in [2.05, 4.69) is 0 Å². The second-order valence-corrected chi connectivity index (χ2v) is 4.78. The van der Waals surface area contributed by atoms with Crippen LogP contribution in [0.3, 0.4) is 0 Å². The Morgan fingerprint density at radius 3 is 2.24 bits per heavy atom. The van der Waals surface area contributed by atoms with Crippen LogP contribution in [0.1, 0.15) is 39.5 Å². The molecule has 1 aliphatic rings. The standard InChI is InChI=1S/C12H22N2O3/c1-3-9(13)10(15)14-7-5-12(4-2,6-8-14)11(16)17/h9H,3-8,13H2,1-2H3,(H,16,17)/t9-/m1/s1. The molecular formula is C12H22N2O3. The molecule has 98 valence electrons. The Morgan fingerprint density at radius 2 is 1.88 bits per heavy atom. The summed E-state index contributed by atoms with van der Waals surface area (Å²) >= 11 is 0. The van der Waals surface area contributed by atoms with E-state index in [0.717, 1.165) is 0 Å². The fourth-order valence-electron chi connectivity index (χ4n) is 2.28. The molecular weight excluding hydrogens is 220 g/mol. The van der Waals surface area contributed by atoms with Crippen molar-refractivity contribution >= 4 is 11.9 Å². The number of carbonyl (C=O) groups excluding carboxylic acids is 1. The highest BCUT2D eigenvalue weighted by atomic mass is 16.4. The predicted molar refractivity (Wildman–Crippen MR) is 64.4 cm³/mol. The van der Waals surface area contributed by atoms with Gasteiger partial charge in [0.15, 0.2) is 0 Å². The molecule has 1 fully saturated rings. The number of nitrogens with zero attached hydrogens (tertiary/aromatic N) is 1. The third-order valence-electron chi connectivity index (χ3n) is 3.92. The number of rotatable bonds is 4. The average molecular weight is 242 g/mol. The van der Waals surface area contributed by atoms with Gasteiger partial charge in [-0.2, -0.15) is 0 Å². The molecule has 1 amide bonds. The molecule has 0 bridgehead atoms. The molecule has 1 saturated heterocycles. The maximum Gasteiger partial charge on any atom is 0.309 e. The van der Waals surface area contributed by atoms with Gasteiger partial charge in [0, 0.05) is 13.1 Å². The van der Waals surface area contributed by atoms with Gasteiger partial charge in [0.1, 0.15) is 0 Å². The summed E-state index contributed by atoms with van der Waals surface area (Å²) in [5.74, 6) is -0.797. The van der Waals surface area contributed by atoms with Gasteiger partial charge in [-0.15, -0.1) is 0 Å². The highest BCUT2D eigenvalue weighted by molar-refractivity contribution is 5.82. The summed E-state index contributed by atoms with van der Waals surface area (Å²) < 4.78 is 0. The zero-order chi connectivity index (χ0) is 13.1. The van der Waals surface area contributed by atoms with Crippen LogP contribution in [-0.4, -0.2) is 41.0 Å². The van der Waals surface area contributed by atoms with Gasteiger partial charge in [-0.25, -0.2) is 0 Å². The number of amides is 1. The lowest BCUT2D eigenvalue weighted by Gasteiger charge is -2.39. The van der Waals surface area contributed by atoms with E-state index in [0.29, 0.717) is 38.8 Å². The van der Waals surface area contributed by atoms with Crippen LogP contribution in [0.4, 0.5) is 0 Å². The van der Waals surface area contributed by atoms with Gasteiger partial charge < -0.3 is 15.7 Å². The number of carboxylic acids is 1. The minimum atomic E-state index is -0.744. The number of likely N-dealkylation sites (tertiary alicyclic amines) is 1. The van der Waals surface area contributed by atoms with E-state index in [-0.39, 0.29) is 5.91 Å². The first kappa shape index (κ1) is 14.0. The van der Waals surface area contributed by atoms with Gasteiger partial charge >= 0.3 is 5.97 Å². The van der Waals surface area contributed by atoms with Gasteiger partial charge in [0.25, 0.3) is 0 Å². The fourth-order valence-corrected chi connectivity index (χ4v) is 2.28. The summed E-state index contributed by atoms with van der Waals surface area (Å²) in [5, 5.41) is 9.24. The number of hydrogen-bond donors (Lipinski definition) is 2. The van der Waals surface area contributed by atoms with Crippen LogP contribution >= 0.6 is 0 Å². The van der Waals surface area contributed by atoms with E-state index < -0.39 is 17.4 Å². The van der Waals surface area contributed by atoms with Crippen LogP contribution in [0.25, 0.3) is 0 Å². The smallest absolute Gasteiger partial charge is 0.309 e. The van der Waals surface area contributed by atoms with Gasteiger partial charge in [-0.1, -0.05) is 13.8 Å². The first-order valence-electron chi connectivity index (χ1n) is 6.24.